The van der Waals surface area contributed by atoms with Crippen LogP contribution in [-0.4, -0.2) is 56.4 Å². The fourth-order valence-electron chi connectivity index (χ4n) is 3.73. The lowest BCUT2D eigenvalue weighted by molar-refractivity contribution is -0.451. The van der Waals surface area contributed by atoms with Gasteiger partial charge in [0.25, 0.3) is 0 Å². The first-order valence-corrected chi connectivity index (χ1v) is 8.99. The molecule has 3 rings (SSSR count). The van der Waals surface area contributed by atoms with Crippen LogP contribution < -0.4 is 20.0 Å². The normalized spacial score (nSPS) is 24.4. The molecule has 28 heavy (non-hydrogen) atoms. The Bertz CT molecular complexity index is 896. The van der Waals surface area contributed by atoms with Crippen molar-refractivity contribution >= 4 is 17.2 Å². The smallest absolute Gasteiger partial charge is 0.126 e. The molecule has 0 amide bonds. The van der Waals surface area contributed by atoms with Crippen molar-refractivity contribution in [2.45, 2.75) is 24.0 Å². The number of nitrogens with zero attached hydrogens (tertiary/aromatic N) is 2. The third-order valence-corrected chi connectivity index (χ3v) is 5.35. The standard InChI is InChI=1S/C21H24N2O5/c1-22(2)11-5-7-13(15(24)9-11)17-19(26)18(21(28)20(17)27)14-8-6-12(23(3)4)10-16(14)25/h5-10,17-20,24-25H,1-4H3/q-2. The first-order valence-electron chi connectivity index (χ1n) is 8.99. The molecule has 0 aromatic heterocycles. The SMILES string of the molecule is CN(C)c1ccc(C2C(=O)C([O-])C(c3ccc(N(C)C)cc3O)C2[O-])c(O)c1. The van der Waals surface area contributed by atoms with Gasteiger partial charge in [-0.25, -0.2) is 0 Å². The van der Waals surface area contributed by atoms with E-state index in [4.69, 9.17) is 0 Å². The van der Waals surface area contributed by atoms with Crippen LogP contribution in [0, 0.1) is 0 Å². The number of carbonyl (C=O) groups excluding carboxylic acids is 1. The summed E-state index contributed by atoms with van der Waals surface area (Å²) in [5.41, 5.74) is 1.75. The summed E-state index contributed by atoms with van der Waals surface area (Å²) in [5, 5.41) is 46.5. The largest absolute Gasteiger partial charge is 0.851 e. The molecular weight excluding hydrogens is 360 g/mol. The highest BCUT2D eigenvalue weighted by Gasteiger charge is 2.42. The molecule has 0 aliphatic heterocycles. The van der Waals surface area contributed by atoms with Gasteiger partial charge in [-0.2, -0.15) is 0 Å². The van der Waals surface area contributed by atoms with Crippen molar-refractivity contribution in [3.63, 3.8) is 0 Å². The molecule has 1 saturated carbocycles. The molecule has 1 fully saturated rings. The third kappa shape index (κ3) is 3.27. The van der Waals surface area contributed by atoms with E-state index in [0.29, 0.717) is 11.4 Å². The number of Topliss-reactive ketones (excluding diaryl/α,β-unsaturated/α-hetero) is 1. The lowest BCUT2D eigenvalue weighted by atomic mass is 9.88. The molecule has 7 nitrogen and oxygen atoms in total. The molecule has 2 aromatic rings. The maximum atomic E-state index is 13.1. The number of rotatable bonds is 4. The molecule has 2 N–H and O–H groups in total. The highest BCUT2D eigenvalue weighted by atomic mass is 16.3. The second-order valence-corrected chi connectivity index (χ2v) is 7.57. The van der Waals surface area contributed by atoms with Crippen LogP contribution in [0.1, 0.15) is 23.0 Å². The van der Waals surface area contributed by atoms with Crippen LogP contribution in [0.25, 0.3) is 0 Å². The van der Waals surface area contributed by atoms with Crippen LogP contribution in [0.15, 0.2) is 36.4 Å². The Hall–Kier alpha value is -2.77. The molecule has 0 saturated heterocycles. The van der Waals surface area contributed by atoms with Gasteiger partial charge < -0.3 is 35.0 Å². The molecular formula is C21H24N2O5-2. The van der Waals surface area contributed by atoms with E-state index >= 15 is 0 Å². The molecule has 150 valence electrons. The monoisotopic (exact) mass is 384 g/mol. The van der Waals surface area contributed by atoms with Gasteiger partial charge in [0.05, 0.1) is 0 Å². The van der Waals surface area contributed by atoms with E-state index in [-0.39, 0.29) is 22.6 Å². The second kappa shape index (κ2) is 7.33. The zero-order valence-corrected chi connectivity index (χ0v) is 16.3. The van der Waals surface area contributed by atoms with E-state index in [1.807, 2.05) is 0 Å². The Balaban J connectivity index is 1.99. The average molecular weight is 384 g/mol. The third-order valence-electron chi connectivity index (χ3n) is 5.35. The first-order chi connectivity index (χ1) is 13.1. The van der Waals surface area contributed by atoms with E-state index in [1.54, 1.807) is 50.1 Å². The topological polar surface area (TPSA) is 110 Å². The van der Waals surface area contributed by atoms with Crippen LogP contribution in [0.5, 0.6) is 11.5 Å². The summed E-state index contributed by atoms with van der Waals surface area (Å²) in [6.45, 7) is 0. The first kappa shape index (κ1) is 20.0. The molecule has 2 aromatic carbocycles. The van der Waals surface area contributed by atoms with E-state index in [9.17, 15) is 25.2 Å². The summed E-state index contributed by atoms with van der Waals surface area (Å²) in [6, 6.07) is 9.35. The Labute approximate surface area is 164 Å². The van der Waals surface area contributed by atoms with Crippen molar-refractivity contribution in [3.8, 4) is 11.5 Å². The zero-order chi connectivity index (χ0) is 20.7. The van der Waals surface area contributed by atoms with Crippen LogP contribution in [0.2, 0.25) is 0 Å². The number of hydrogen-bond acceptors (Lipinski definition) is 7. The predicted octanol–water partition coefficient (Wildman–Crippen LogP) is 0.138. The molecule has 0 bridgehead atoms. The number of benzene rings is 2. The quantitative estimate of drug-likeness (QED) is 0.771. The van der Waals surface area contributed by atoms with Gasteiger partial charge in [0.2, 0.25) is 0 Å². The van der Waals surface area contributed by atoms with E-state index in [1.165, 1.54) is 24.3 Å². The maximum Gasteiger partial charge on any atom is 0.126 e. The molecule has 4 atom stereocenters. The Kier molecular flexibility index (Phi) is 5.23. The van der Waals surface area contributed by atoms with Crippen LogP contribution in [-0.2, 0) is 4.79 Å². The molecule has 1 aliphatic carbocycles. The van der Waals surface area contributed by atoms with Crippen LogP contribution in [0.3, 0.4) is 0 Å². The molecule has 0 radical (unpaired) electrons. The number of carbonyl (C=O) groups is 1. The van der Waals surface area contributed by atoms with Crippen molar-refractivity contribution in [1.82, 2.24) is 0 Å². The van der Waals surface area contributed by atoms with Crippen molar-refractivity contribution in [3.05, 3.63) is 47.5 Å². The van der Waals surface area contributed by atoms with Crippen LogP contribution >= 0.6 is 0 Å². The summed E-state index contributed by atoms with van der Waals surface area (Å²) in [4.78, 5) is 16.2. The number of ketones is 1. The van der Waals surface area contributed by atoms with Gasteiger partial charge in [-0.3, -0.25) is 0 Å². The molecule has 0 heterocycles. The predicted molar refractivity (Wildman–Crippen MR) is 103 cm³/mol. The Morgan fingerprint density at radius 1 is 0.821 bits per heavy atom. The van der Waals surface area contributed by atoms with Crippen molar-refractivity contribution in [1.29, 1.82) is 0 Å². The van der Waals surface area contributed by atoms with Gasteiger partial charge in [0, 0.05) is 63.2 Å². The van der Waals surface area contributed by atoms with Crippen molar-refractivity contribution < 1.29 is 25.2 Å². The zero-order valence-electron chi connectivity index (χ0n) is 16.3. The average Bonchev–Trinajstić information content (AvgIpc) is 2.84. The van der Waals surface area contributed by atoms with Gasteiger partial charge in [-0.05, 0) is 23.6 Å². The number of anilines is 2. The van der Waals surface area contributed by atoms with Gasteiger partial charge >= 0.3 is 0 Å². The minimum absolute atomic E-state index is 0.156. The van der Waals surface area contributed by atoms with Crippen molar-refractivity contribution in [2.75, 3.05) is 38.0 Å². The molecule has 7 heteroatoms. The number of hydrogen-bond donors (Lipinski definition) is 2. The van der Waals surface area contributed by atoms with E-state index < -0.39 is 29.8 Å². The molecule has 1 aliphatic rings. The van der Waals surface area contributed by atoms with Gasteiger partial charge in [0.1, 0.15) is 17.3 Å². The highest BCUT2D eigenvalue weighted by molar-refractivity contribution is 5.94. The fourth-order valence-corrected chi connectivity index (χ4v) is 3.73. The Morgan fingerprint density at radius 3 is 1.71 bits per heavy atom. The van der Waals surface area contributed by atoms with E-state index in [2.05, 4.69) is 0 Å². The lowest BCUT2D eigenvalue weighted by Crippen LogP contribution is -2.39. The fraction of sp³-hybridized carbons (Fsp3) is 0.381. The van der Waals surface area contributed by atoms with E-state index in [0.717, 1.165) is 0 Å². The second-order valence-electron chi connectivity index (χ2n) is 7.57. The minimum atomic E-state index is -1.79. The Morgan fingerprint density at radius 2 is 1.29 bits per heavy atom. The molecule has 4 unspecified atom stereocenters. The van der Waals surface area contributed by atoms with Crippen LogP contribution in [0.4, 0.5) is 11.4 Å². The number of phenols is 2. The molecule has 0 spiro atoms. The summed E-state index contributed by atoms with van der Waals surface area (Å²) < 4.78 is 0. The lowest BCUT2D eigenvalue weighted by Gasteiger charge is -2.34. The minimum Gasteiger partial charge on any atom is -0.851 e. The maximum absolute atomic E-state index is 13.1. The van der Waals surface area contributed by atoms with Crippen molar-refractivity contribution in [2.24, 2.45) is 0 Å². The van der Waals surface area contributed by atoms with Gasteiger partial charge in [-0.15, -0.1) is 6.10 Å². The number of aromatic hydroxyl groups is 2. The van der Waals surface area contributed by atoms with Gasteiger partial charge in [0.15, 0.2) is 0 Å². The van der Waals surface area contributed by atoms with Gasteiger partial charge in [-0.1, -0.05) is 18.2 Å². The summed E-state index contributed by atoms with van der Waals surface area (Å²) in [7, 11) is 7.21. The summed E-state index contributed by atoms with van der Waals surface area (Å²) in [6.07, 6.45) is -3.39. The highest BCUT2D eigenvalue weighted by Crippen LogP contribution is 2.45. The number of phenolic OH excluding ortho intramolecular Hbond substituents is 2. The summed E-state index contributed by atoms with van der Waals surface area (Å²) >= 11 is 0. The summed E-state index contributed by atoms with van der Waals surface area (Å²) in [5.74, 6) is -3.59.